The predicted molar refractivity (Wildman–Crippen MR) is 28.3 cm³/mol. The van der Waals surface area contributed by atoms with Crippen molar-refractivity contribution in [2.24, 2.45) is 11.7 Å². The van der Waals surface area contributed by atoms with Gasteiger partial charge in [0, 0.05) is 0 Å². The monoisotopic (exact) mass is 174 g/mol. The van der Waals surface area contributed by atoms with Gasteiger partial charge >= 0.3 is 0 Å². The van der Waals surface area contributed by atoms with Gasteiger partial charge < -0.3 is 0 Å². The molecule has 0 aliphatic heterocycles. The molecule has 0 heterocycles. The highest BCUT2D eigenvalue weighted by Gasteiger charge is 0.950. The summed E-state index contributed by atoms with van der Waals surface area (Å²) in [5.74, 6) is 8.00. The summed E-state index contributed by atoms with van der Waals surface area (Å²) in [4.78, 5) is 1.97. The first-order valence-electron chi connectivity index (χ1n) is 0.711. The Hall–Kier alpha value is 0.650. The number of hydrogen-bond acceptors (Lipinski definition) is 2. The first-order valence-corrected chi connectivity index (χ1v) is 2.87. The van der Waals surface area contributed by atoms with Crippen LogP contribution in [0.5, 0.6) is 0 Å². The Morgan fingerprint density at radius 1 is 1.25 bits per heavy atom. The Morgan fingerprint density at radius 3 is 1.25 bits per heavy atom. The van der Waals surface area contributed by atoms with Crippen molar-refractivity contribution >= 4 is 22.6 Å². The first kappa shape index (κ1) is 8.82. The van der Waals surface area contributed by atoms with Gasteiger partial charge in [0.2, 0.25) is 0 Å². The van der Waals surface area contributed by atoms with Crippen molar-refractivity contribution in [1.29, 1.82) is 0 Å². The smallest absolute Gasteiger partial charge is 0.0121 e. The maximum atomic E-state index is 4.00. The van der Waals surface area contributed by atoms with Crippen molar-refractivity contribution in [2.45, 2.75) is 0 Å². The van der Waals surface area contributed by atoms with Gasteiger partial charge in [0.25, 0.3) is 0 Å². The molecule has 0 radical (unpaired) electrons. The largest absolute Gasteiger partial charge is 0.274 e. The Labute approximate surface area is 39.7 Å². The Kier molecular flexibility index (Phi) is 134. The second-order valence-electron chi connectivity index (χ2n) is 0. The van der Waals surface area contributed by atoms with Crippen LogP contribution >= 0.6 is 22.6 Å². The van der Waals surface area contributed by atoms with Crippen molar-refractivity contribution in [3.8, 4) is 0 Å². The van der Waals surface area contributed by atoms with Crippen LogP contribution in [0.25, 0.3) is 0 Å². The van der Waals surface area contributed by atoms with E-state index in [1.54, 1.807) is 0 Å². The van der Waals surface area contributed by atoms with E-state index in [0.29, 0.717) is 0 Å². The molecule has 0 saturated carbocycles. The summed E-state index contributed by atoms with van der Waals surface area (Å²) in [6.07, 6.45) is 0. The second-order valence-corrected chi connectivity index (χ2v) is 0. The summed E-state index contributed by atoms with van der Waals surface area (Å²) < 4.78 is 0. The van der Waals surface area contributed by atoms with Crippen LogP contribution in [0, 0.1) is 0 Å². The van der Waals surface area contributed by atoms with E-state index in [2.05, 4.69) is 34.3 Å². The minimum absolute atomic E-state index is 1.97. The third kappa shape index (κ3) is 17.1. The van der Waals surface area contributed by atoms with Crippen LogP contribution in [0.2, 0.25) is 0 Å². The van der Waals surface area contributed by atoms with E-state index in [0.717, 1.165) is 0 Å². The van der Waals surface area contributed by atoms with Crippen LogP contribution in [0.1, 0.15) is 0 Å². The van der Waals surface area contributed by atoms with E-state index < -0.39 is 0 Å². The van der Waals surface area contributed by atoms with Crippen LogP contribution in [0.3, 0.4) is 0 Å². The van der Waals surface area contributed by atoms with Crippen LogP contribution in [-0.2, 0) is 0 Å². The fourth-order valence-corrected chi connectivity index (χ4v) is 0. The molecule has 3 heteroatoms. The van der Waals surface area contributed by atoms with E-state index >= 15 is 0 Å². The number of halogens is 1. The van der Waals surface area contributed by atoms with Gasteiger partial charge in [0.05, 0.1) is 0 Å². The summed E-state index contributed by atoms with van der Waals surface area (Å²) in [6.45, 7) is 0. The predicted octanol–water partition coefficient (Wildman–Crippen LogP) is -0.130. The minimum atomic E-state index is 1.97. The molecule has 0 atom stereocenters. The van der Waals surface area contributed by atoms with Gasteiger partial charge in [-0.05, 0) is 4.93 Å². The molecule has 0 spiro atoms. The zero-order valence-corrected chi connectivity index (χ0v) is 4.69. The maximum Gasteiger partial charge on any atom is -0.0121 e. The lowest BCUT2D eigenvalue weighted by Gasteiger charge is -1.27. The van der Waals surface area contributed by atoms with E-state index in [-0.39, 0.29) is 0 Å². The SMILES string of the molecule is CI.NN. The molecule has 0 bridgehead atoms. The lowest BCUT2D eigenvalue weighted by atomic mass is 12.0. The molecule has 0 aliphatic carbocycles. The molecular formula is CH7IN2. The number of hydrogen-bond donors (Lipinski definition) is 2. The van der Waals surface area contributed by atoms with Gasteiger partial charge in [0.1, 0.15) is 0 Å². The average molecular weight is 174 g/mol. The van der Waals surface area contributed by atoms with E-state index in [9.17, 15) is 0 Å². The van der Waals surface area contributed by atoms with Gasteiger partial charge in [-0.15, -0.1) is 0 Å². The first-order chi connectivity index (χ1) is 2.00. The fourth-order valence-electron chi connectivity index (χ4n) is 0. The Balaban J connectivity index is 0. The van der Waals surface area contributed by atoms with Crippen molar-refractivity contribution in [2.75, 3.05) is 4.93 Å². The van der Waals surface area contributed by atoms with Gasteiger partial charge in [-0.3, -0.25) is 11.7 Å². The molecule has 0 aromatic carbocycles. The number of hydrazine groups is 1. The molecule has 0 unspecified atom stereocenters. The molecule has 2 nitrogen and oxygen atoms in total. The molecule has 0 aromatic heterocycles. The third-order valence-corrected chi connectivity index (χ3v) is 0. The van der Waals surface area contributed by atoms with Crippen LogP contribution < -0.4 is 11.7 Å². The molecular weight excluding hydrogens is 167 g/mol. The van der Waals surface area contributed by atoms with Crippen LogP contribution in [0.4, 0.5) is 0 Å². The molecule has 28 valence electrons. The average Bonchev–Trinajstić information content (AvgIpc) is 1.50. The van der Waals surface area contributed by atoms with Crippen molar-refractivity contribution < 1.29 is 0 Å². The highest BCUT2D eigenvalue weighted by atomic mass is 127. The standard InChI is InChI=1S/CH3I.H4N2/c2*1-2/h1H3;1-2H2. The molecule has 0 fully saturated rings. The molecule has 0 amide bonds. The molecule has 0 aromatic rings. The molecule has 0 aliphatic rings. The van der Waals surface area contributed by atoms with E-state index in [1.807, 2.05) is 4.93 Å². The van der Waals surface area contributed by atoms with Crippen molar-refractivity contribution in [1.82, 2.24) is 0 Å². The normalized spacial score (nSPS) is 3.00. The van der Waals surface area contributed by atoms with E-state index in [1.165, 1.54) is 0 Å². The highest BCUT2D eigenvalue weighted by Crippen LogP contribution is 1.48. The van der Waals surface area contributed by atoms with E-state index in [4.69, 9.17) is 0 Å². The lowest BCUT2D eigenvalue weighted by molar-refractivity contribution is 1.26. The Morgan fingerprint density at radius 2 is 1.25 bits per heavy atom. The minimum Gasteiger partial charge on any atom is -0.274 e. The molecule has 4 heavy (non-hydrogen) atoms. The topological polar surface area (TPSA) is 52.0 Å². The maximum absolute atomic E-state index is 4.00. The van der Waals surface area contributed by atoms with Gasteiger partial charge in [-0.2, -0.15) is 0 Å². The number of rotatable bonds is 0. The second kappa shape index (κ2) is 60.7. The molecule has 0 rings (SSSR count). The van der Waals surface area contributed by atoms with Crippen LogP contribution in [-0.4, -0.2) is 4.93 Å². The van der Waals surface area contributed by atoms with Crippen molar-refractivity contribution in [3.05, 3.63) is 0 Å². The summed E-state index contributed by atoms with van der Waals surface area (Å²) in [7, 11) is 0. The van der Waals surface area contributed by atoms with Crippen molar-refractivity contribution in [3.63, 3.8) is 0 Å². The summed E-state index contributed by atoms with van der Waals surface area (Å²) in [5, 5.41) is 0. The fraction of sp³-hybridized carbons (Fsp3) is 1.00. The molecule has 0 saturated heterocycles. The van der Waals surface area contributed by atoms with Crippen LogP contribution in [0.15, 0.2) is 0 Å². The summed E-state index contributed by atoms with van der Waals surface area (Å²) in [6, 6.07) is 0. The quantitative estimate of drug-likeness (QED) is 0.232. The van der Waals surface area contributed by atoms with Gasteiger partial charge in [-0.25, -0.2) is 0 Å². The summed E-state index contributed by atoms with van der Waals surface area (Å²) >= 11 is 2.15. The van der Waals surface area contributed by atoms with Gasteiger partial charge in [-0.1, -0.05) is 22.6 Å². The highest BCUT2D eigenvalue weighted by molar-refractivity contribution is 14.1. The summed E-state index contributed by atoms with van der Waals surface area (Å²) in [5.41, 5.74) is 0. The number of alkyl halides is 1. The molecule has 4 N–H and O–H groups in total. The third-order valence-electron chi connectivity index (χ3n) is 0. The zero-order chi connectivity index (χ0) is 4.00. The lowest BCUT2D eigenvalue weighted by Crippen LogP contribution is -2.02. The Bertz CT molecular complexity index is 6.00. The zero-order valence-electron chi connectivity index (χ0n) is 2.53. The number of nitrogens with two attached hydrogens (primary N) is 2. The van der Waals surface area contributed by atoms with Gasteiger partial charge in [0.15, 0.2) is 0 Å².